The fraction of sp³-hybridized carbons (Fsp3) is 0.375. The number of anilines is 4. The third-order valence-electron chi connectivity index (χ3n) is 2.93. The minimum Gasteiger partial charge on any atom is -0.376 e. The number of para-hydroxylation sites is 1. The molecule has 0 atom stereocenters. The zero-order valence-corrected chi connectivity index (χ0v) is 14.6. The van der Waals surface area contributed by atoms with Crippen molar-refractivity contribution in [2.24, 2.45) is 0 Å². The number of carbonyl (C=O) groups is 1. The Morgan fingerprint density at radius 3 is 2.36 bits per heavy atom. The first-order chi connectivity index (χ1) is 12.1. The minimum absolute atomic E-state index is 0.124. The molecule has 1 aromatic heterocycles. The summed E-state index contributed by atoms with van der Waals surface area (Å²) in [6, 6.07) is 9.66. The van der Waals surface area contributed by atoms with Crippen LogP contribution in [0.5, 0.6) is 0 Å². The van der Waals surface area contributed by atoms with Gasteiger partial charge in [0, 0.05) is 18.3 Å². The van der Waals surface area contributed by atoms with Crippen LogP contribution in [-0.2, 0) is 4.79 Å². The van der Waals surface area contributed by atoms with Crippen LogP contribution in [0.25, 0.3) is 0 Å². The monoisotopic (exact) mass is 344 g/mol. The SMILES string of the molecule is CCNc1nc(NNC(=O)CNc2ccccc2)nc(NC(C)C)n1. The highest BCUT2D eigenvalue weighted by atomic mass is 16.2. The van der Waals surface area contributed by atoms with E-state index in [-0.39, 0.29) is 24.4 Å². The van der Waals surface area contributed by atoms with Crippen molar-refractivity contribution in [3.63, 3.8) is 0 Å². The fourth-order valence-electron chi connectivity index (χ4n) is 1.90. The van der Waals surface area contributed by atoms with Crippen LogP contribution in [-0.4, -0.2) is 40.0 Å². The van der Waals surface area contributed by atoms with Crippen LogP contribution in [0.4, 0.5) is 23.5 Å². The number of benzene rings is 1. The van der Waals surface area contributed by atoms with Gasteiger partial charge in [0.2, 0.25) is 17.8 Å². The topological polar surface area (TPSA) is 116 Å². The Bertz CT molecular complexity index is 677. The van der Waals surface area contributed by atoms with Gasteiger partial charge in [0.05, 0.1) is 6.54 Å². The number of rotatable bonds is 9. The molecule has 2 aromatic rings. The first-order valence-electron chi connectivity index (χ1n) is 8.17. The predicted molar refractivity (Wildman–Crippen MR) is 99.4 cm³/mol. The van der Waals surface area contributed by atoms with Crippen molar-refractivity contribution in [3.05, 3.63) is 30.3 Å². The average Bonchev–Trinajstić information content (AvgIpc) is 2.58. The Morgan fingerprint density at radius 1 is 1.00 bits per heavy atom. The summed E-state index contributed by atoms with van der Waals surface area (Å²) < 4.78 is 0. The maximum Gasteiger partial charge on any atom is 0.257 e. The van der Waals surface area contributed by atoms with Gasteiger partial charge >= 0.3 is 0 Å². The molecule has 1 aromatic carbocycles. The van der Waals surface area contributed by atoms with E-state index in [2.05, 4.69) is 41.8 Å². The molecule has 0 radical (unpaired) electrons. The molecule has 9 nitrogen and oxygen atoms in total. The second kappa shape index (κ2) is 9.26. The third kappa shape index (κ3) is 6.50. The van der Waals surface area contributed by atoms with Gasteiger partial charge in [0.15, 0.2) is 0 Å². The van der Waals surface area contributed by atoms with Gasteiger partial charge in [0.1, 0.15) is 0 Å². The second-order valence-electron chi connectivity index (χ2n) is 5.53. The summed E-state index contributed by atoms with van der Waals surface area (Å²) >= 11 is 0. The summed E-state index contributed by atoms with van der Waals surface area (Å²) in [4.78, 5) is 24.6. The third-order valence-corrected chi connectivity index (χ3v) is 2.93. The first-order valence-corrected chi connectivity index (χ1v) is 8.17. The Morgan fingerprint density at radius 2 is 1.68 bits per heavy atom. The number of aromatic nitrogens is 3. The number of amides is 1. The highest BCUT2D eigenvalue weighted by Gasteiger charge is 2.08. The van der Waals surface area contributed by atoms with Gasteiger partial charge in [-0.2, -0.15) is 15.0 Å². The van der Waals surface area contributed by atoms with Crippen LogP contribution >= 0.6 is 0 Å². The number of hydrogen-bond acceptors (Lipinski definition) is 8. The van der Waals surface area contributed by atoms with E-state index in [1.807, 2.05) is 51.1 Å². The largest absolute Gasteiger partial charge is 0.376 e. The normalized spacial score (nSPS) is 10.2. The molecule has 0 spiro atoms. The highest BCUT2D eigenvalue weighted by molar-refractivity contribution is 5.81. The average molecular weight is 344 g/mol. The standard InChI is InChI=1S/C16H24N8O/c1-4-17-14-20-15(19-11(2)3)22-16(21-14)24-23-13(25)10-18-12-8-6-5-7-9-12/h5-9,11,18H,4,10H2,1-3H3,(H,23,25)(H3,17,19,20,21,22,24). The number of nitrogens with one attached hydrogen (secondary N) is 5. The molecule has 2 rings (SSSR count). The van der Waals surface area contributed by atoms with E-state index in [0.29, 0.717) is 18.4 Å². The van der Waals surface area contributed by atoms with Gasteiger partial charge in [0.25, 0.3) is 5.91 Å². The van der Waals surface area contributed by atoms with Gasteiger partial charge < -0.3 is 16.0 Å². The molecule has 0 aliphatic carbocycles. The minimum atomic E-state index is -0.243. The van der Waals surface area contributed by atoms with E-state index >= 15 is 0 Å². The number of nitrogens with zero attached hydrogens (tertiary/aromatic N) is 3. The Hall–Kier alpha value is -3.10. The van der Waals surface area contributed by atoms with Gasteiger partial charge in [-0.15, -0.1) is 0 Å². The first kappa shape index (κ1) is 18.2. The summed E-state index contributed by atoms with van der Waals surface area (Å²) in [6.07, 6.45) is 0. The highest BCUT2D eigenvalue weighted by Crippen LogP contribution is 2.09. The van der Waals surface area contributed by atoms with Crippen molar-refractivity contribution >= 4 is 29.4 Å². The van der Waals surface area contributed by atoms with Crippen molar-refractivity contribution in [2.45, 2.75) is 26.8 Å². The second-order valence-corrected chi connectivity index (χ2v) is 5.53. The maximum atomic E-state index is 11.9. The molecular weight excluding hydrogens is 320 g/mol. The van der Waals surface area contributed by atoms with Crippen LogP contribution in [0.2, 0.25) is 0 Å². The number of hydrogen-bond donors (Lipinski definition) is 5. The molecule has 1 heterocycles. The zero-order chi connectivity index (χ0) is 18.1. The quantitative estimate of drug-likeness (QED) is 0.436. The summed E-state index contributed by atoms with van der Waals surface area (Å²) in [5, 5.41) is 9.16. The lowest BCUT2D eigenvalue weighted by molar-refractivity contribution is -0.118. The lowest BCUT2D eigenvalue weighted by Gasteiger charge is -2.13. The van der Waals surface area contributed by atoms with Crippen LogP contribution in [0.3, 0.4) is 0 Å². The molecule has 5 N–H and O–H groups in total. The molecule has 25 heavy (non-hydrogen) atoms. The maximum absolute atomic E-state index is 11.9. The smallest absolute Gasteiger partial charge is 0.257 e. The molecular formula is C16H24N8O. The molecule has 0 aliphatic heterocycles. The molecule has 0 aliphatic rings. The molecule has 0 saturated carbocycles. The molecule has 134 valence electrons. The van der Waals surface area contributed by atoms with Crippen molar-refractivity contribution in [1.82, 2.24) is 20.4 Å². The molecule has 9 heteroatoms. The Labute approximate surface area is 147 Å². The van der Waals surface area contributed by atoms with Crippen LogP contribution < -0.4 is 26.8 Å². The van der Waals surface area contributed by atoms with Crippen molar-refractivity contribution < 1.29 is 4.79 Å². The van der Waals surface area contributed by atoms with Gasteiger partial charge in [-0.25, -0.2) is 0 Å². The summed E-state index contributed by atoms with van der Waals surface area (Å²) in [5.41, 5.74) is 6.14. The summed E-state index contributed by atoms with van der Waals surface area (Å²) in [7, 11) is 0. The Kier molecular flexibility index (Phi) is 6.76. The molecule has 0 fully saturated rings. The fourth-order valence-corrected chi connectivity index (χ4v) is 1.90. The lowest BCUT2D eigenvalue weighted by atomic mass is 10.3. The molecule has 1 amide bonds. The molecule has 0 bridgehead atoms. The van der Waals surface area contributed by atoms with E-state index in [1.165, 1.54) is 0 Å². The van der Waals surface area contributed by atoms with Gasteiger partial charge in [-0.1, -0.05) is 18.2 Å². The molecule has 0 unspecified atom stereocenters. The molecule has 0 saturated heterocycles. The lowest BCUT2D eigenvalue weighted by Crippen LogP contribution is -2.35. The van der Waals surface area contributed by atoms with Crippen LogP contribution in [0, 0.1) is 0 Å². The number of hydrazine groups is 1. The van der Waals surface area contributed by atoms with E-state index in [9.17, 15) is 4.79 Å². The Balaban J connectivity index is 1.91. The predicted octanol–water partition coefficient (Wildman–Crippen LogP) is 1.68. The van der Waals surface area contributed by atoms with E-state index in [1.54, 1.807) is 0 Å². The zero-order valence-electron chi connectivity index (χ0n) is 14.6. The summed E-state index contributed by atoms with van der Waals surface area (Å²) in [6.45, 7) is 6.72. The van der Waals surface area contributed by atoms with E-state index in [0.717, 1.165) is 5.69 Å². The van der Waals surface area contributed by atoms with Gasteiger partial charge in [-0.05, 0) is 32.9 Å². The number of carbonyl (C=O) groups excluding carboxylic acids is 1. The summed E-state index contributed by atoms with van der Waals surface area (Å²) in [5.74, 6) is 0.870. The van der Waals surface area contributed by atoms with Crippen LogP contribution in [0.1, 0.15) is 20.8 Å². The van der Waals surface area contributed by atoms with E-state index < -0.39 is 0 Å². The van der Waals surface area contributed by atoms with Crippen LogP contribution in [0.15, 0.2) is 30.3 Å². The van der Waals surface area contributed by atoms with Gasteiger partial charge in [-0.3, -0.25) is 15.6 Å². The van der Waals surface area contributed by atoms with Crippen molar-refractivity contribution in [1.29, 1.82) is 0 Å². The van der Waals surface area contributed by atoms with Crippen molar-refractivity contribution in [3.8, 4) is 0 Å². The van der Waals surface area contributed by atoms with Crippen molar-refractivity contribution in [2.75, 3.05) is 34.5 Å². The van der Waals surface area contributed by atoms with E-state index in [4.69, 9.17) is 0 Å².